The number of carbonyl (C=O) groups is 4. The predicted octanol–water partition coefficient (Wildman–Crippen LogP) is 2.11. The van der Waals surface area contributed by atoms with E-state index in [1.54, 1.807) is 31.1 Å². The van der Waals surface area contributed by atoms with Crippen LogP contribution in [0.2, 0.25) is 0 Å². The zero-order valence-corrected chi connectivity index (χ0v) is 22.9. The molecule has 3 aliphatic carbocycles. The molecule has 0 aromatic heterocycles. The molecule has 0 radical (unpaired) electrons. The van der Waals surface area contributed by atoms with Gasteiger partial charge in [0.15, 0.2) is 17.1 Å². The Balaban J connectivity index is 1.57. The topological polar surface area (TPSA) is 209 Å². The highest BCUT2D eigenvalue weighted by atomic mass is 16.6. The molecular weight excluding hydrogens is 550 g/mol. The smallest absolute Gasteiger partial charge is 0.417 e. The van der Waals surface area contributed by atoms with Crippen LogP contribution in [-0.2, 0) is 20.8 Å². The van der Waals surface area contributed by atoms with Gasteiger partial charge in [0.2, 0.25) is 5.78 Å². The van der Waals surface area contributed by atoms with E-state index in [-0.39, 0.29) is 35.4 Å². The van der Waals surface area contributed by atoms with Crippen LogP contribution in [0.5, 0.6) is 17.2 Å². The van der Waals surface area contributed by atoms with E-state index in [2.05, 4.69) is 5.32 Å². The highest BCUT2D eigenvalue weighted by molar-refractivity contribution is 6.22. The molecule has 0 spiro atoms. The van der Waals surface area contributed by atoms with Crippen molar-refractivity contribution in [1.29, 1.82) is 0 Å². The number of carbonyl (C=O) groups excluding carboxylic acids is 4. The van der Waals surface area contributed by atoms with Crippen LogP contribution in [0.25, 0.3) is 5.76 Å². The molecule has 0 aliphatic heterocycles. The highest BCUT2D eigenvalue weighted by Crippen LogP contribution is 2.54. The van der Waals surface area contributed by atoms with Crippen molar-refractivity contribution in [3.63, 3.8) is 0 Å². The minimum absolute atomic E-state index is 0.00470. The number of aliphatic hydroxyl groups excluding tert-OH is 2. The summed E-state index contributed by atoms with van der Waals surface area (Å²) in [7, 11) is 4.91. The lowest BCUT2D eigenvalue weighted by molar-refractivity contribution is -0.147. The lowest BCUT2D eigenvalue weighted by Gasteiger charge is -2.46. The summed E-state index contributed by atoms with van der Waals surface area (Å²) >= 11 is 0. The molecule has 1 fully saturated rings. The fourth-order valence-electron chi connectivity index (χ4n) is 6.05. The van der Waals surface area contributed by atoms with Crippen molar-refractivity contribution >= 4 is 40.7 Å². The number of amides is 2. The number of benzene rings is 2. The third-order valence-corrected chi connectivity index (χ3v) is 8.03. The fraction of sp³-hybridized carbons (Fsp3) is 0.310. The van der Waals surface area contributed by atoms with Crippen molar-refractivity contribution in [3.8, 4) is 17.2 Å². The zero-order chi connectivity index (χ0) is 30.7. The maximum atomic E-state index is 13.7. The first-order valence-electron chi connectivity index (χ1n) is 13.0. The number of phenols is 1. The number of anilines is 2. The molecule has 7 N–H and O–H groups in total. The standard InChI is InChI=1S/C29H29N3O10/c1-32(2)18-11-17(31-28(39)42-15-6-4-14(41-3)5-7-15)23(34)21-16(18)9-12-8-13-10-19(33)22(27(30)38)26(37)29(13,40)25(36)20(12)24(21)35/h4-7,11-13,34-35,37,40H,8-10H2,1-3H3,(H2,30,38)(H,31,39). The van der Waals surface area contributed by atoms with Crippen LogP contribution in [0, 0.1) is 11.8 Å². The van der Waals surface area contributed by atoms with Gasteiger partial charge in [0, 0.05) is 37.7 Å². The highest BCUT2D eigenvalue weighted by Gasteiger charge is 2.60. The Bertz CT molecular complexity index is 1610. The summed E-state index contributed by atoms with van der Waals surface area (Å²) in [6, 6.07) is 7.67. The number of phenolic OH excluding ortho intramolecular Hbond substituents is 1. The minimum Gasteiger partial charge on any atom is -0.508 e. The summed E-state index contributed by atoms with van der Waals surface area (Å²) in [4.78, 5) is 52.5. The fourth-order valence-corrected chi connectivity index (χ4v) is 6.05. The Hall–Kier alpha value is -5.04. The first kappa shape index (κ1) is 28.5. The maximum absolute atomic E-state index is 13.7. The molecule has 13 nitrogen and oxygen atoms in total. The number of hydrogen-bond acceptors (Lipinski definition) is 11. The summed E-state index contributed by atoms with van der Waals surface area (Å²) < 4.78 is 10.4. The molecule has 3 aliphatic rings. The van der Waals surface area contributed by atoms with Crippen molar-refractivity contribution in [2.24, 2.45) is 17.6 Å². The predicted molar refractivity (Wildman–Crippen MR) is 148 cm³/mol. The number of nitrogens with zero attached hydrogens (tertiary/aromatic N) is 1. The molecule has 0 bridgehead atoms. The number of nitrogens with two attached hydrogens (primary N) is 1. The number of methoxy groups -OCH3 is 1. The number of Topliss-reactive ketones (excluding diaryl/α,β-unsaturated/α-hetero) is 2. The van der Waals surface area contributed by atoms with Gasteiger partial charge in [0.25, 0.3) is 5.91 Å². The molecule has 42 heavy (non-hydrogen) atoms. The number of fused-ring (bicyclic) bond motifs is 3. The number of rotatable bonds is 5. The van der Waals surface area contributed by atoms with E-state index in [0.717, 1.165) is 0 Å². The van der Waals surface area contributed by atoms with Gasteiger partial charge in [-0.25, -0.2) is 4.79 Å². The van der Waals surface area contributed by atoms with Crippen molar-refractivity contribution in [1.82, 2.24) is 0 Å². The van der Waals surface area contributed by atoms with Crippen molar-refractivity contribution in [3.05, 3.63) is 58.4 Å². The first-order valence-corrected chi connectivity index (χ1v) is 13.0. The molecule has 2 aromatic rings. The minimum atomic E-state index is -2.67. The van der Waals surface area contributed by atoms with Crippen LogP contribution in [0.15, 0.2) is 47.2 Å². The van der Waals surface area contributed by atoms with Crippen LogP contribution < -0.4 is 25.4 Å². The van der Waals surface area contributed by atoms with Crippen LogP contribution in [0.3, 0.4) is 0 Å². The molecule has 220 valence electrons. The quantitative estimate of drug-likeness (QED) is 0.223. The molecule has 13 heteroatoms. The Kier molecular flexibility index (Phi) is 6.85. The summed E-state index contributed by atoms with van der Waals surface area (Å²) in [5.74, 6) is -6.61. The number of hydrogen-bond donors (Lipinski definition) is 6. The monoisotopic (exact) mass is 579 g/mol. The van der Waals surface area contributed by atoms with Crippen LogP contribution in [0.4, 0.5) is 16.2 Å². The number of ether oxygens (including phenoxy) is 2. The largest absolute Gasteiger partial charge is 0.508 e. The molecule has 3 unspecified atom stereocenters. The van der Waals surface area contributed by atoms with Gasteiger partial charge in [-0.3, -0.25) is 19.7 Å². The number of primary amides is 1. The van der Waals surface area contributed by atoms with E-state index < -0.39 is 70.3 Å². The third kappa shape index (κ3) is 4.29. The average Bonchev–Trinajstić information content (AvgIpc) is 2.92. The zero-order valence-electron chi connectivity index (χ0n) is 22.9. The molecular formula is C29H29N3O10. The van der Waals surface area contributed by atoms with Crippen molar-refractivity contribution in [2.75, 3.05) is 31.4 Å². The second-order valence-electron chi connectivity index (χ2n) is 10.6. The SMILES string of the molecule is COc1ccc(OC(=O)Nc2cc(N(C)C)c3c(c2O)C(O)=C2C(=O)C4(O)C(O)=C(C(N)=O)C(=O)CC4CC2C3)cc1. The molecule has 2 aromatic carbocycles. The summed E-state index contributed by atoms with van der Waals surface area (Å²) in [5.41, 5.74) is 2.06. The van der Waals surface area contributed by atoms with E-state index in [9.17, 15) is 39.6 Å². The Labute approximate surface area is 239 Å². The summed E-state index contributed by atoms with van der Waals surface area (Å²) in [6.07, 6.45) is -1.24. The second-order valence-corrected chi connectivity index (χ2v) is 10.6. The summed E-state index contributed by atoms with van der Waals surface area (Å²) in [5, 5.41) is 47.3. The Morgan fingerprint density at radius 3 is 2.31 bits per heavy atom. The van der Waals surface area contributed by atoms with Gasteiger partial charge in [-0.05, 0) is 54.7 Å². The third-order valence-electron chi connectivity index (χ3n) is 8.03. The van der Waals surface area contributed by atoms with Crippen LogP contribution in [-0.4, -0.2) is 70.8 Å². The van der Waals surface area contributed by atoms with E-state index in [1.807, 2.05) is 0 Å². The number of aliphatic hydroxyl groups is 3. The Morgan fingerprint density at radius 2 is 1.71 bits per heavy atom. The first-order chi connectivity index (χ1) is 19.8. The van der Waals surface area contributed by atoms with Gasteiger partial charge in [-0.1, -0.05) is 0 Å². The van der Waals surface area contributed by atoms with Crippen molar-refractivity contribution < 1.29 is 49.1 Å². The number of nitrogens with one attached hydrogen (secondary N) is 1. The van der Waals surface area contributed by atoms with Gasteiger partial charge in [0.1, 0.15) is 28.6 Å². The molecule has 3 atom stereocenters. The van der Waals surface area contributed by atoms with E-state index >= 15 is 0 Å². The van der Waals surface area contributed by atoms with Crippen molar-refractivity contribution in [2.45, 2.75) is 24.9 Å². The molecule has 2 amide bonds. The van der Waals surface area contributed by atoms with Crippen LogP contribution in [0.1, 0.15) is 24.0 Å². The van der Waals surface area contributed by atoms with Gasteiger partial charge < -0.3 is 40.5 Å². The second kappa shape index (κ2) is 10.1. The number of aromatic hydroxyl groups is 1. The van der Waals surface area contributed by atoms with Gasteiger partial charge in [0.05, 0.1) is 18.4 Å². The van der Waals surface area contributed by atoms with E-state index in [1.165, 1.54) is 25.3 Å². The molecule has 0 saturated heterocycles. The van der Waals surface area contributed by atoms with Gasteiger partial charge >= 0.3 is 6.09 Å². The molecule has 1 saturated carbocycles. The molecule has 0 heterocycles. The van der Waals surface area contributed by atoms with E-state index in [0.29, 0.717) is 17.0 Å². The average molecular weight is 580 g/mol. The Morgan fingerprint density at radius 1 is 1.07 bits per heavy atom. The van der Waals surface area contributed by atoms with Crippen LogP contribution >= 0.6 is 0 Å². The maximum Gasteiger partial charge on any atom is 0.417 e. The van der Waals surface area contributed by atoms with Gasteiger partial charge in [-0.2, -0.15) is 0 Å². The van der Waals surface area contributed by atoms with Gasteiger partial charge in [-0.15, -0.1) is 0 Å². The lowest BCUT2D eigenvalue weighted by Crippen LogP contribution is -2.58. The lowest BCUT2D eigenvalue weighted by atomic mass is 9.59. The molecule has 5 rings (SSSR count). The van der Waals surface area contributed by atoms with E-state index in [4.69, 9.17) is 15.2 Å². The number of ketones is 2. The summed E-state index contributed by atoms with van der Waals surface area (Å²) in [6.45, 7) is 0. The normalized spacial score (nSPS) is 23.0.